The molecule has 0 bridgehead atoms. The number of aromatic nitrogens is 4. The number of hydrogen-bond acceptors (Lipinski definition) is 4. The number of nitrogens with zero attached hydrogens (tertiary/aromatic N) is 4. The van der Waals surface area contributed by atoms with Gasteiger partial charge in [0.25, 0.3) is 0 Å². The van der Waals surface area contributed by atoms with Crippen LogP contribution in [0.3, 0.4) is 0 Å². The van der Waals surface area contributed by atoms with Gasteiger partial charge in [0.05, 0.1) is 11.0 Å². The minimum Gasteiger partial charge on any atom is -0.248 e. The second kappa shape index (κ2) is 10.0. The normalized spacial score (nSPS) is 11.3. The molecule has 196 valence electrons. The van der Waals surface area contributed by atoms with Crippen molar-refractivity contribution in [3.8, 4) is 45.3 Å². The van der Waals surface area contributed by atoms with Gasteiger partial charge >= 0.3 is 0 Å². The first-order chi connectivity index (χ1) is 20.8. The van der Waals surface area contributed by atoms with E-state index in [1.54, 1.807) is 0 Å². The van der Waals surface area contributed by atoms with Gasteiger partial charge < -0.3 is 0 Å². The number of fused-ring (bicyclic) bond motifs is 4. The van der Waals surface area contributed by atoms with Crippen LogP contribution >= 0.6 is 0 Å². The van der Waals surface area contributed by atoms with Crippen molar-refractivity contribution in [3.05, 3.63) is 146 Å². The predicted molar refractivity (Wildman–Crippen MR) is 172 cm³/mol. The average Bonchev–Trinajstić information content (AvgIpc) is 3.08. The molecule has 2 aromatic heterocycles. The number of pyridine rings is 1. The topological polar surface area (TPSA) is 51.6 Å². The molecule has 4 heteroatoms. The van der Waals surface area contributed by atoms with Crippen molar-refractivity contribution in [1.29, 1.82) is 0 Å². The van der Waals surface area contributed by atoms with E-state index in [0.29, 0.717) is 17.5 Å². The molecule has 6 aromatic carbocycles. The fourth-order valence-electron chi connectivity index (χ4n) is 5.63. The average molecular weight is 537 g/mol. The van der Waals surface area contributed by atoms with Crippen LogP contribution in [-0.2, 0) is 0 Å². The lowest BCUT2D eigenvalue weighted by atomic mass is 9.93. The van der Waals surface area contributed by atoms with Crippen LogP contribution in [0, 0.1) is 0 Å². The van der Waals surface area contributed by atoms with Gasteiger partial charge in [-0.3, -0.25) is 0 Å². The zero-order valence-corrected chi connectivity index (χ0v) is 22.6. The number of rotatable bonds is 4. The highest BCUT2D eigenvalue weighted by molar-refractivity contribution is 6.15. The smallest absolute Gasteiger partial charge is 0.164 e. The number of benzene rings is 6. The Balaban J connectivity index is 1.33. The van der Waals surface area contributed by atoms with E-state index in [4.69, 9.17) is 19.9 Å². The first kappa shape index (κ1) is 24.1. The van der Waals surface area contributed by atoms with E-state index in [0.717, 1.165) is 49.6 Å². The highest BCUT2D eigenvalue weighted by Gasteiger charge is 2.15. The molecule has 8 rings (SSSR count). The van der Waals surface area contributed by atoms with Crippen molar-refractivity contribution < 1.29 is 0 Å². The molecule has 0 atom stereocenters. The Kier molecular flexibility index (Phi) is 5.75. The van der Waals surface area contributed by atoms with Gasteiger partial charge in [0.2, 0.25) is 0 Å². The Morgan fingerprint density at radius 2 is 0.857 bits per heavy atom. The van der Waals surface area contributed by atoms with Crippen LogP contribution in [0.25, 0.3) is 77.9 Å². The lowest BCUT2D eigenvalue weighted by Gasteiger charge is -2.13. The van der Waals surface area contributed by atoms with Crippen molar-refractivity contribution in [3.63, 3.8) is 0 Å². The maximum Gasteiger partial charge on any atom is 0.164 e. The molecule has 0 N–H and O–H groups in total. The molecular formula is C38H24N4. The second-order valence-corrected chi connectivity index (χ2v) is 10.3. The summed E-state index contributed by atoms with van der Waals surface area (Å²) in [4.78, 5) is 19.8. The molecule has 0 amide bonds. The summed E-state index contributed by atoms with van der Waals surface area (Å²) in [7, 11) is 0. The third kappa shape index (κ3) is 4.27. The maximum atomic E-state index is 5.05. The van der Waals surface area contributed by atoms with Gasteiger partial charge in [-0.1, -0.05) is 121 Å². The van der Waals surface area contributed by atoms with Crippen LogP contribution in [-0.4, -0.2) is 19.9 Å². The third-order valence-electron chi connectivity index (χ3n) is 7.67. The molecule has 0 fully saturated rings. The highest BCUT2D eigenvalue weighted by atomic mass is 15.0. The van der Waals surface area contributed by atoms with Crippen LogP contribution in [0.1, 0.15) is 0 Å². The van der Waals surface area contributed by atoms with Crippen LogP contribution in [0.4, 0.5) is 0 Å². The minimum atomic E-state index is 0.638. The van der Waals surface area contributed by atoms with Gasteiger partial charge in [-0.05, 0) is 46.2 Å². The first-order valence-electron chi connectivity index (χ1n) is 14.0. The summed E-state index contributed by atoms with van der Waals surface area (Å²) >= 11 is 0. The highest BCUT2D eigenvalue weighted by Crippen LogP contribution is 2.37. The molecular weight excluding hydrogens is 512 g/mol. The molecule has 0 saturated heterocycles. The summed E-state index contributed by atoms with van der Waals surface area (Å²) in [5.41, 5.74) is 7.02. The van der Waals surface area contributed by atoms with Crippen molar-refractivity contribution in [1.82, 2.24) is 19.9 Å². The quantitative estimate of drug-likeness (QED) is 0.166. The number of hydrogen-bond donors (Lipinski definition) is 0. The van der Waals surface area contributed by atoms with Gasteiger partial charge in [0.15, 0.2) is 17.5 Å². The predicted octanol–water partition coefficient (Wildman–Crippen LogP) is 9.39. The molecule has 0 aliphatic carbocycles. The Morgan fingerprint density at radius 3 is 1.57 bits per heavy atom. The Bertz CT molecular complexity index is 2190. The van der Waals surface area contributed by atoms with Crippen LogP contribution in [0.2, 0.25) is 0 Å². The van der Waals surface area contributed by atoms with E-state index in [-0.39, 0.29) is 0 Å². The van der Waals surface area contributed by atoms with E-state index in [9.17, 15) is 0 Å². The van der Waals surface area contributed by atoms with Crippen LogP contribution in [0.15, 0.2) is 146 Å². The van der Waals surface area contributed by atoms with Gasteiger partial charge in [0.1, 0.15) is 0 Å². The molecule has 0 spiro atoms. The first-order valence-corrected chi connectivity index (χ1v) is 14.0. The lowest BCUT2D eigenvalue weighted by molar-refractivity contribution is 1.07. The van der Waals surface area contributed by atoms with Crippen molar-refractivity contribution >= 4 is 32.6 Å². The Labute approximate surface area is 243 Å². The second-order valence-electron chi connectivity index (χ2n) is 10.3. The van der Waals surface area contributed by atoms with E-state index >= 15 is 0 Å². The summed E-state index contributed by atoms with van der Waals surface area (Å²) in [6.07, 6.45) is 0. The van der Waals surface area contributed by atoms with E-state index < -0.39 is 0 Å². The minimum absolute atomic E-state index is 0.638. The van der Waals surface area contributed by atoms with E-state index in [1.807, 2.05) is 66.7 Å². The molecule has 2 heterocycles. The SMILES string of the molecule is c1ccc(-c2nc(-c3ccccc3)nc(-c3cccc(-c4cc5nc6ccccc6cc5c5ccccc45)c3)n2)cc1. The van der Waals surface area contributed by atoms with E-state index in [2.05, 4.69) is 78.9 Å². The van der Waals surface area contributed by atoms with Crippen molar-refractivity contribution in [2.24, 2.45) is 0 Å². The zero-order valence-electron chi connectivity index (χ0n) is 22.6. The monoisotopic (exact) mass is 536 g/mol. The summed E-state index contributed by atoms with van der Waals surface area (Å²) < 4.78 is 0. The summed E-state index contributed by atoms with van der Waals surface area (Å²) in [5.74, 6) is 1.94. The molecule has 0 aliphatic heterocycles. The van der Waals surface area contributed by atoms with Gasteiger partial charge in [-0.15, -0.1) is 0 Å². The third-order valence-corrected chi connectivity index (χ3v) is 7.67. The molecule has 0 unspecified atom stereocenters. The molecule has 8 aromatic rings. The molecule has 4 nitrogen and oxygen atoms in total. The summed E-state index contributed by atoms with van der Waals surface area (Å²) in [6.45, 7) is 0. The Hall–Kier alpha value is -5.74. The molecule has 0 radical (unpaired) electrons. The van der Waals surface area contributed by atoms with E-state index in [1.165, 1.54) is 10.8 Å². The summed E-state index contributed by atoms with van der Waals surface area (Å²) in [6, 6.07) is 49.9. The maximum absolute atomic E-state index is 5.05. The summed E-state index contributed by atoms with van der Waals surface area (Å²) in [5, 5.41) is 4.67. The van der Waals surface area contributed by atoms with Crippen LogP contribution < -0.4 is 0 Å². The Morgan fingerprint density at radius 1 is 0.310 bits per heavy atom. The lowest BCUT2D eigenvalue weighted by Crippen LogP contribution is -2.00. The fourth-order valence-corrected chi connectivity index (χ4v) is 5.63. The van der Waals surface area contributed by atoms with Crippen molar-refractivity contribution in [2.45, 2.75) is 0 Å². The van der Waals surface area contributed by atoms with Gasteiger partial charge in [-0.25, -0.2) is 19.9 Å². The fraction of sp³-hybridized carbons (Fsp3) is 0. The van der Waals surface area contributed by atoms with Gasteiger partial charge in [0, 0.05) is 27.5 Å². The largest absolute Gasteiger partial charge is 0.248 e. The van der Waals surface area contributed by atoms with Crippen LogP contribution in [0.5, 0.6) is 0 Å². The molecule has 42 heavy (non-hydrogen) atoms. The number of para-hydroxylation sites is 1. The van der Waals surface area contributed by atoms with Crippen molar-refractivity contribution in [2.75, 3.05) is 0 Å². The van der Waals surface area contributed by atoms with Gasteiger partial charge in [-0.2, -0.15) is 0 Å². The standard InChI is InChI=1S/C38H24N4/c1-3-12-25(13-4-1)36-40-37(26-14-5-2-6-15-26)42-38(41-36)29-18-11-17-27(22-29)32-24-35-33(31-20-9-8-19-30(31)32)23-28-16-7-10-21-34(28)39-35/h1-24H. The molecule has 0 saturated carbocycles. The molecule has 0 aliphatic rings. The zero-order chi connectivity index (χ0) is 27.9.